The molecule has 1 aliphatic rings. The van der Waals surface area contributed by atoms with Gasteiger partial charge in [0.1, 0.15) is 5.69 Å². The van der Waals surface area contributed by atoms with Crippen molar-refractivity contribution in [3.63, 3.8) is 0 Å². The van der Waals surface area contributed by atoms with E-state index in [4.69, 9.17) is 0 Å². The summed E-state index contributed by atoms with van der Waals surface area (Å²) in [7, 11) is 1.71. The Bertz CT molecular complexity index is 704. The molecular formula is C14H20N6O2S. The van der Waals surface area contributed by atoms with Crippen molar-refractivity contribution < 1.29 is 4.92 Å². The van der Waals surface area contributed by atoms with Gasteiger partial charge in [-0.05, 0) is 19.8 Å². The summed E-state index contributed by atoms with van der Waals surface area (Å²) >= 11 is 1.67. The predicted molar refractivity (Wildman–Crippen MR) is 90.4 cm³/mol. The second-order valence-electron chi connectivity index (χ2n) is 5.66. The Morgan fingerprint density at radius 1 is 1.43 bits per heavy atom. The molecule has 23 heavy (non-hydrogen) atoms. The summed E-state index contributed by atoms with van der Waals surface area (Å²) in [4.78, 5) is 17.7. The van der Waals surface area contributed by atoms with Crippen LogP contribution in [0, 0.1) is 17.0 Å². The van der Waals surface area contributed by atoms with E-state index in [-0.39, 0.29) is 10.6 Å². The summed E-state index contributed by atoms with van der Waals surface area (Å²) in [5.41, 5.74) is 1.49. The highest BCUT2D eigenvalue weighted by Gasteiger charge is 2.23. The lowest BCUT2D eigenvalue weighted by atomic mass is 10.3. The van der Waals surface area contributed by atoms with E-state index in [1.165, 1.54) is 17.5 Å². The van der Waals surface area contributed by atoms with Crippen LogP contribution in [0.15, 0.2) is 5.38 Å². The molecule has 1 N–H and O–H groups in total. The van der Waals surface area contributed by atoms with Crippen LogP contribution in [0.25, 0.3) is 0 Å². The normalized spacial score (nSPS) is 14.4. The van der Waals surface area contributed by atoms with Gasteiger partial charge < -0.3 is 10.2 Å². The van der Waals surface area contributed by atoms with Crippen molar-refractivity contribution >= 4 is 28.0 Å². The molecule has 9 heteroatoms. The summed E-state index contributed by atoms with van der Waals surface area (Å²) in [6.07, 6.45) is 3.20. The van der Waals surface area contributed by atoms with Crippen LogP contribution in [0.2, 0.25) is 0 Å². The van der Waals surface area contributed by atoms with Gasteiger partial charge in [0.25, 0.3) is 0 Å². The molecule has 0 radical (unpaired) electrons. The van der Waals surface area contributed by atoms with Gasteiger partial charge in [-0.3, -0.25) is 10.1 Å². The lowest BCUT2D eigenvalue weighted by Crippen LogP contribution is -2.17. The van der Waals surface area contributed by atoms with Gasteiger partial charge in [0.2, 0.25) is 5.82 Å². The summed E-state index contributed by atoms with van der Waals surface area (Å²) < 4.78 is 1.52. The van der Waals surface area contributed by atoms with Gasteiger partial charge in [-0.1, -0.05) is 0 Å². The van der Waals surface area contributed by atoms with Crippen LogP contribution in [0.5, 0.6) is 0 Å². The molecule has 0 aliphatic carbocycles. The largest absolute Gasteiger partial charge is 0.364 e. The Hall–Kier alpha value is -2.16. The predicted octanol–water partition coefficient (Wildman–Crippen LogP) is 2.35. The van der Waals surface area contributed by atoms with Crippen molar-refractivity contribution in [1.29, 1.82) is 0 Å². The van der Waals surface area contributed by atoms with Crippen molar-refractivity contribution in [3.05, 3.63) is 26.9 Å². The van der Waals surface area contributed by atoms with Gasteiger partial charge in [-0.25, -0.2) is 9.67 Å². The van der Waals surface area contributed by atoms with E-state index < -0.39 is 0 Å². The molecule has 0 amide bonds. The maximum atomic E-state index is 11.1. The highest BCUT2D eigenvalue weighted by molar-refractivity contribution is 7.13. The van der Waals surface area contributed by atoms with Crippen molar-refractivity contribution in [2.45, 2.75) is 26.2 Å². The molecule has 0 atom stereocenters. The van der Waals surface area contributed by atoms with E-state index in [0.29, 0.717) is 18.1 Å². The number of aryl methyl sites for hydroxylation is 2. The first-order valence-electron chi connectivity index (χ1n) is 7.67. The smallest absolute Gasteiger partial charge is 0.333 e. The van der Waals surface area contributed by atoms with Crippen LogP contribution < -0.4 is 10.2 Å². The molecule has 3 rings (SSSR count). The zero-order chi connectivity index (χ0) is 16.4. The van der Waals surface area contributed by atoms with E-state index in [1.807, 2.05) is 0 Å². The first kappa shape index (κ1) is 15.7. The third-order valence-electron chi connectivity index (χ3n) is 3.96. The van der Waals surface area contributed by atoms with E-state index in [2.05, 4.69) is 25.7 Å². The van der Waals surface area contributed by atoms with E-state index in [0.717, 1.165) is 30.3 Å². The average molecular weight is 336 g/mol. The van der Waals surface area contributed by atoms with E-state index >= 15 is 0 Å². The molecule has 0 bridgehead atoms. The molecule has 0 spiro atoms. The minimum absolute atomic E-state index is 0.0449. The van der Waals surface area contributed by atoms with Crippen LogP contribution >= 0.6 is 11.3 Å². The number of nitrogens with zero attached hydrogens (tertiary/aromatic N) is 5. The Labute approximate surface area is 138 Å². The second kappa shape index (κ2) is 6.53. The SMILES string of the molecule is Cc1nn(C)c(NCCc2csc(N3CCCC3)n2)c1[N+](=O)[O-]. The maximum Gasteiger partial charge on any atom is 0.333 e. The van der Waals surface area contributed by atoms with Gasteiger partial charge in [-0.2, -0.15) is 5.10 Å². The average Bonchev–Trinajstić information content (AvgIpc) is 3.20. The lowest BCUT2D eigenvalue weighted by Gasteiger charge is -2.12. The quantitative estimate of drug-likeness (QED) is 0.643. The second-order valence-corrected chi connectivity index (χ2v) is 6.49. The molecule has 2 aromatic heterocycles. The molecule has 3 heterocycles. The van der Waals surface area contributed by atoms with Crippen LogP contribution in [-0.4, -0.2) is 39.3 Å². The third-order valence-corrected chi connectivity index (χ3v) is 4.91. The molecule has 1 aliphatic heterocycles. The Kier molecular flexibility index (Phi) is 4.46. The van der Waals surface area contributed by atoms with E-state index in [1.54, 1.807) is 25.3 Å². The fraction of sp³-hybridized carbons (Fsp3) is 0.571. The Balaban J connectivity index is 1.61. The molecule has 124 valence electrons. The highest BCUT2D eigenvalue weighted by atomic mass is 32.1. The third kappa shape index (κ3) is 3.29. The summed E-state index contributed by atoms with van der Waals surface area (Å²) in [5.74, 6) is 0.447. The summed E-state index contributed by atoms with van der Waals surface area (Å²) in [5, 5.41) is 21.5. The fourth-order valence-electron chi connectivity index (χ4n) is 2.84. The molecule has 8 nitrogen and oxygen atoms in total. The fourth-order valence-corrected chi connectivity index (χ4v) is 3.75. The molecule has 0 saturated carbocycles. The molecular weight excluding hydrogens is 316 g/mol. The number of nitro groups is 1. The van der Waals surface area contributed by atoms with Gasteiger partial charge in [0, 0.05) is 38.5 Å². The van der Waals surface area contributed by atoms with E-state index in [9.17, 15) is 10.1 Å². The number of rotatable bonds is 6. The number of hydrogen-bond donors (Lipinski definition) is 1. The standard InChI is InChI=1S/C14H20N6O2S/c1-10-12(20(21)22)13(18(2)17-10)15-6-5-11-9-23-14(16-11)19-7-3-4-8-19/h9,15H,3-8H2,1-2H3. The maximum absolute atomic E-state index is 11.1. The van der Waals surface area contributed by atoms with Gasteiger partial charge in [0.05, 0.1) is 10.6 Å². The van der Waals surface area contributed by atoms with Crippen molar-refractivity contribution in [1.82, 2.24) is 14.8 Å². The first-order valence-corrected chi connectivity index (χ1v) is 8.55. The van der Waals surface area contributed by atoms with Crippen LogP contribution in [0.1, 0.15) is 24.2 Å². The molecule has 0 aromatic carbocycles. The topological polar surface area (TPSA) is 89.1 Å². The van der Waals surface area contributed by atoms with Crippen LogP contribution in [0.4, 0.5) is 16.6 Å². The van der Waals surface area contributed by atoms with Gasteiger partial charge >= 0.3 is 5.69 Å². The number of aromatic nitrogens is 3. The summed E-state index contributed by atoms with van der Waals surface area (Å²) in [6, 6.07) is 0. The Morgan fingerprint density at radius 2 is 2.17 bits per heavy atom. The van der Waals surface area contributed by atoms with Crippen LogP contribution in [-0.2, 0) is 13.5 Å². The molecule has 1 fully saturated rings. The zero-order valence-corrected chi connectivity index (χ0v) is 14.1. The minimum Gasteiger partial charge on any atom is -0.364 e. The van der Waals surface area contributed by atoms with Gasteiger partial charge in [0.15, 0.2) is 5.13 Å². The number of nitrogens with one attached hydrogen (secondary N) is 1. The summed E-state index contributed by atoms with van der Waals surface area (Å²) in [6.45, 7) is 4.41. The van der Waals surface area contributed by atoms with Crippen molar-refractivity contribution in [2.75, 3.05) is 29.9 Å². The lowest BCUT2D eigenvalue weighted by molar-refractivity contribution is -0.384. The highest BCUT2D eigenvalue weighted by Crippen LogP contribution is 2.27. The molecule has 0 unspecified atom stereocenters. The molecule has 1 saturated heterocycles. The van der Waals surface area contributed by atoms with Crippen molar-refractivity contribution in [3.8, 4) is 0 Å². The molecule has 2 aromatic rings. The minimum atomic E-state index is -0.390. The van der Waals surface area contributed by atoms with Crippen molar-refractivity contribution in [2.24, 2.45) is 7.05 Å². The first-order chi connectivity index (χ1) is 11.1. The monoisotopic (exact) mass is 336 g/mol. The zero-order valence-electron chi connectivity index (χ0n) is 13.3. The number of thiazole rings is 1. The number of hydrogen-bond acceptors (Lipinski definition) is 7. The number of anilines is 2. The Morgan fingerprint density at radius 3 is 2.87 bits per heavy atom. The van der Waals surface area contributed by atoms with Gasteiger partial charge in [-0.15, -0.1) is 11.3 Å². The van der Waals surface area contributed by atoms with Crippen LogP contribution in [0.3, 0.4) is 0 Å².